The van der Waals surface area contributed by atoms with Crippen LogP contribution in [0.2, 0.25) is 0 Å². The SMILES string of the molecule is CCOc1ccc(C(=O)N(CCN(CC)CC)c2nc3c(OC)ccc(OC)c3s2)cc1OCC. The second kappa shape index (κ2) is 12.6. The number of anilines is 1. The number of nitrogens with zero attached hydrogens (tertiary/aromatic N) is 3. The highest BCUT2D eigenvalue weighted by Gasteiger charge is 2.25. The van der Waals surface area contributed by atoms with Crippen LogP contribution in [0.25, 0.3) is 10.2 Å². The zero-order valence-electron chi connectivity index (χ0n) is 21.4. The van der Waals surface area contributed by atoms with E-state index in [0.29, 0.717) is 59.0 Å². The second-order valence-corrected chi connectivity index (χ2v) is 8.63. The predicted octanol–water partition coefficient (Wildman–Crippen LogP) is 5.10. The Labute approximate surface area is 211 Å². The topological polar surface area (TPSA) is 73.4 Å². The molecule has 0 bridgehead atoms. The fraction of sp³-hybridized carbons (Fsp3) is 0.462. The lowest BCUT2D eigenvalue weighted by Crippen LogP contribution is -2.38. The molecule has 0 aliphatic rings. The van der Waals surface area contributed by atoms with Crippen molar-refractivity contribution in [3.63, 3.8) is 0 Å². The van der Waals surface area contributed by atoms with Crippen LogP contribution >= 0.6 is 11.3 Å². The maximum absolute atomic E-state index is 13.9. The summed E-state index contributed by atoms with van der Waals surface area (Å²) in [5.41, 5.74) is 1.18. The fourth-order valence-electron chi connectivity index (χ4n) is 3.80. The molecule has 8 nitrogen and oxygen atoms in total. The zero-order chi connectivity index (χ0) is 25.4. The number of benzene rings is 2. The van der Waals surface area contributed by atoms with Crippen LogP contribution in [0.3, 0.4) is 0 Å². The van der Waals surface area contributed by atoms with Crippen molar-refractivity contribution in [2.75, 3.05) is 58.5 Å². The van der Waals surface area contributed by atoms with Gasteiger partial charge in [-0.3, -0.25) is 9.69 Å². The lowest BCUT2D eigenvalue weighted by atomic mass is 10.1. The Balaban J connectivity index is 2.06. The number of aromatic nitrogens is 1. The molecular weight excluding hydrogens is 466 g/mol. The quantitative estimate of drug-likeness (QED) is 0.323. The molecule has 3 aromatic rings. The van der Waals surface area contributed by atoms with Crippen LogP contribution < -0.4 is 23.8 Å². The third-order valence-corrected chi connectivity index (χ3v) is 6.79. The number of fused-ring (bicyclic) bond motifs is 1. The van der Waals surface area contributed by atoms with Crippen molar-refractivity contribution in [3.8, 4) is 23.0 Å². The molecule has 0 aliphatic heterocycles. The largest absolute Gasteiger partial charge is 0.495 e. The monoisotopic (exact) mass is 501 g/mol. The van der Waals surface area contributed by atoms with Crippen molar-refractivity contribution in [2.24, 2.45) is 0 Å². The molecule has 1 aromatic heterocycles. The van der Waals surface area contributed by atoms with Crippen LogP contribution in [-0.4, -0.2) is 69.4 Å². The van der Waals surface area contributed by atoms with E-state index in [2.05, 4.69) is 18.7 Å². The molecule has 0 unspecified atom stereocenters. The number of hydrogen-bond donors (Lipinski definition) is 0. The molecule has 0 saturated heterocycles. The molecule has 0 aliphatic carbocycles. The summed E-state index contributed by atoms with van der Waals surface area (Å²) in [7, 11) is 3.23. The third kappa shape index (κ3) is 5.97. The van der Waals surface area contributed by atoms with Gasteiger partial charge in [0.1, 0.15) is 21.7 Å². The zero-order valence-corrected chi connectivity index (χ0v) is 22.2. The molecule has 190 valence electrons. The maximum Gasteiger partial charge on any atom is 0.260 e. The summed E-state index contributed by atoms with van der Waals surface area (Å²) in [5, 5.41) is 0.590. The van der Waals surface area contributed by atoms with Gasteiger partial charge in [0.15, 0.2) is 16.6 Å². The summed E-state index contributed by atoms with van der Waals surface area (Å²) >= 11 is 1.42. The van der Waals surface area contributed by atoms with Gasteiger partial charge in [-0.25, -0.2) is 4.98 Å². The number of rotatable bonds is 13. The van der Waals surface area contributed by atoms with E-state index in [0.717, 1.165) is 24.3 Å². The molecule has 2 aromatic carbocycles. The highest BCUT2D eigenvalue weighted by Crippen LogP contribution is 2.40. The number of ether oxygens (including phenoxy) is 4. The lowest BCUT2D eigenvalue weighted by Gasteiger charge is -2.25. The molecule has 0 atom stereocenters. The van der Waals surface area contributed by atoms with E-state index in [-0.39, 0.29) is 5.91 Å². The van der Waals surface area contributed by atoms with E-state index in [4.69, 9.17) is 23.9 Å². The highest BCUT2D eigenvalue weighted by molar-refractivity contribution is 7.22. The first-order valence-electron chi connectivity index (χ1n) is 12.0. The molecule has 0 spiro atoms. The highest BCUT2D eigenvalue weighted by atomic mass is 32.1. The lowest BCUT2D eigenvalue weighted by molar-refractivity contribution is 0.0983. The van der Waals surface area contributed by atoms with E-state index in [1.54, 1.807) is 37.3 Å². The molecule has 3 rings (SSSR count). The summed E-state index contributed by atoms with van der Waals surface area (Å²) < 4.78 is 23.3. The van der Waals surface area contributed by atoms with Crippen molar-refractivity contribution >= 4 is 32.6 Å². The predicted molar refractivity (Wildman–Crippen MR) is 141 cm³/mol. The van der Waals surface area contributed by atoms with Gasteiger partial charge in [-0.05, 0) is 57.3 Å². The van der Waals surface area contributed by atoms with Crippen molar-refractivity contribution in [1.82, 2.24) is 9.88 Å². The van der Waals surface area contributed by atoms with Gasteiger partial charge >= 0.3 is 0 Å². The molecule has 0 saturated carbocycles. The number of methoxy groups -OCH3 is 2. The normalized spacial score (nSPS) is 11.1. The van der Waals surface area contributed by atoms with E-state index in [9.17, 15) is 4.79 Å². The molecule has 0 radical (unpaired) electrons. The van der Waals surface area contributed by atoms with Crippen LogP contribution in [0.5, 0.6) is 23.0 Å². The van der Waals surface area contributed by atoms with Crippen LogP contribution in [0, 0.1) is 0 Å². The van der Waals surface area contributed by atoms with Gasteiger partial charge in [-0.15, -0.1) is 0 Å². The Hall–Kier alpha value is -3.04. The fourth-order valence-corrected chi connectivity index (χ4v) is 4.89. The van der Waals surface area contributed by atoms with Crippen LogP contribution in [0.1, 0.15) is 38.1 Å². The minimum atomic E-state index is -0.154. The summed E-state index contributed by atoms with van der Waals surface area (Å²) in [5.74, 6) is 2.35. The Morgan fingerprint density at radius 1 is 0.857 bits per heavy atom. The minimum Gasteiger partial charge on any atom is -0.495 e. The summed E-state index contributed by atoms with van der Waals surface area (Å²) in [6, 6.07) is 8.98. The van der Waals surface area contributed by atoms with Crippen molar-refractivity contribution in [1.29, 1.82) is 0 Å². The number of carbonyl (C=O) groups is 1. The summed E-state index contributed by atoms with van der Waals surface area (Å²) in [6.45, 7) is 12.0. The molecule has 9 heteroatoms. The van der Waals surface area contributed by atoms with E-state index in [1.165, 1.54) is 11.3 Å². The number of thiazole rings is 1. The van der Waals surface area contributed by atoms with Crippen molar-refractivity contribution in [3.05, 3.63) is 35.9 Å². The third-order valence-electron chi connectivity index (χ3n) is 5.70. The molecule has 1 amide bonds. The van der Waals surface area contributed by atoms with E-state index >= 15 is 0 Å². The van der Waals surface area contributed by atoms with Crippen LogP contribution in [-0.2, 0) is 0 Å². The first kappa shape index (κ1) is 26.6. The van der Waals surface area contributed by atoms with Gasteiger partial charge in [0.05, 0.1) is 27.4 Å². The number of amides is 1. The Morgan fingerprint density at radius 3 is 2.11 bits per heavy atom. The van der Waals surface area contributed by atoms with Crippen molar-refractivity contribution < 1.29 is 23.7 Å². The van der Waals surface area contributed by atoms with Crippen LogP contribution in [0.15, 0.2) is 30.3 Å². The molecule has 35 heavy (non-hydrogen) atoms. The number of carbonyl (C=O) groups excluding carboxylic acids is 1. The first-order valence-corrected chi connectivity index (χ1v) is 12.8. The Bertz CT molecular complexity index is 1090. The van der Waals surface area contributed by atoms with Gasteiger partial charge in [0.2, 0.25) is 0 Å². The van der Waals surface area contributed by atoms with Gasteiger partial charge in [0, 0.05) is 18.7 Å². The Morgan fingerprint density at radius 2 is 1.49 bits per heavy atom. The summed E-state index contributed by atoms with van der Waals surface area (Å²) in [6.07, 6.45) is 0. The molecule has 0 fully saturated rings. The smallest absolute Gasteiger partial charge is 0.260 e. The number of likely N-dealkylation sites (N-methyl/N-ethyl adjacent to an activating group) is 1. The first-order chi connectivity index (χ1) is 17.0. The maximum atomic E-state index is 13.9. The average Bonchev–Trinajstić information content (AvgIpc) is 3.32. The van der Waals surface area contributed by atoms with Crippen molar-refractivity contribution in [2.45, 2.75) is 27.7 Å². The van der Waals surface area contributed by atoms with E-state index < -0.39 is 0 Å². The van der Waals surface area contributed by atoms with Gasteiger partial charge < -0.3 is 23.8 Å². The molecule has 0 N–H and O–H groups in total. The van der Waals surface area contributed by atoms with Crippen LogP contribution in [0.4, 0.5) is 5.13 Å². The van der Waals surface area contributed by atoms with Gasteiger partial charge in [0.25, 0.3) is 5.91 Å². The van der Waals surface area contributed by atoms with Gasteiger partial charge in [-0.1, -0.05) is 25.2 Å². The summed E-state index contributed by atoms with van der Waals surface area (Å²) in [4.78, 5) is 22.7. The van der Waals surface area contributed by atoms with Gasteiger partial charge in [-0.2, -0.15) is 0 Å². The Kier molecular flexibility index (Phi) is 9.56. The molecular formula is C26H35N3O5S. The second-order valence-electron chi connectivity index (χ2n) is 7.66. The molecule has 1 heterocycles. The van der Waals surface area contributed by atoms with E-state index in [1.807, 2.05) is 26.0 Å². The number of hydrogen-bond acceptors (Lipinski definition) is 8. The average molecular weight is 502 g/mol. The standard InChI is InChI=1S/C26H35N3O5S/c1-7-28(8-2)15-16-29(25(30)18-11-12-19(33-9-3)22(17-18)34-10-4)26-27-23-20(31-5)13-14-21(32-6)24(23)35-26/h11-14,17H,7-10,15-16H2,1-6H3. The minimum absolute atomic E-state index is 0.154.